The lowest BCUT2D eigenvalue weighted by Crippen LogP contribution is -2.31. The second-order valence-corrected chi connectivity index (χ2v) is 5.49. The van der Waals surface area contributed by atoms with Crippen molar-refractivity contribution in [3.8, 4) is 0 Å². The van der Waals surface area contributed by atoms with Crippen LogP contribution >= 0.6 is 0 Å². The molecule has 5 nitrogen and oxygen atoms in total. The highest BCUT2D eigenvalue weighted by atomic mass is 16.7. The van der Waals surface area contributed by atoms with Gasteiger partial charge in [0.25, 0.3) is 5.91 Å². The maximum atomic E-state index is 12.3. The predicted molar refractivity (Wildman–Crippen MR) is 82.9 cm³/mol. The molecule has 1 aromatic heterocycles. The van der Waals surface area contributed by atoms with Crippen LogP contribution in [0.15, 0.2) is 30.3 Å². The predicted octanol–water partition coefficient (Wildman–Crippen LogP) is 2.37. The van der Waals surface area contributed by atoms with E-state index >= 15 is 0 Å². The molecule has 0 aliphatic heterocycles. The van der Waals surface area contributed by atoms with Gasteiger partial charge in [0.2, 0.25) is 0 Å². The fourth-order valence-corrected chi connectivity index (χ4v) is 1.97. The zero-order valence-corrected chi connectivity index (χ0v) is 12.6. The van der Waals surface area contributed by atoms with Crippen LogP contribution in [-0.4, -0.2) is 23.5 Å². The minimum absolute atomic E-state index is 0.134. The van der Waals surface area contributed by atoms with Crippen molar-refractivity contribution in [3.63, 3.8) is 0 Å². The number of nitrogens with one attached hydrogen (secondary N) is 1. The van der Waals surface area contributed by atoms with E-state index in [1.54, 1.807) is 0 Å². The number of amides is 1. The average Bonchev–Trinajstić information content (AvgIpc) is 2.45. The minimum Gasteiger partial charge on any atom is -0.326 e. The third-order valence-electron chi connectivity index (χ3n) is 3.08. The van der Waals surface area contributed by atoms with Gasteiger partial charge in [-0.2, -0.15) is 0 Å². The summed E-state index contributed by atoms with van der Waals surface area (Å²) in [4.78, 5) is 22.0. The van der Waals surface area contributed by atoms with Crippen LogP contribution in [0, 0.1) is 0 Å². The number of hydroxylamine groups is 1. The number of hydrogen-bond donors (Lipinski definition) is 2. The molecule has 0 bridgehead atoms. The van der Waals surface area contributed by atoms with Gasteiger partial charge in [-0.15, -0.1) is 0 Å². The first-order valence-corrected chi connectivity index (χ1v) is 7.06. The lowest BCUT2D eigenvalue weighted by molar-refractivity contribution is 0.0277. The lowest BCUT2D eigenvalue weighted by atomic mass is 10.0. The van der Waals surface area contributed by atoms with Crippen molar-refractivity contribution in [2.24, 2.45) is 5.73 Å². The van der Waals surface area contributed by atoms with Crippen LogP contribution in [0.3, 0.4) is 0 Å². The van der Waals surface area contributed by atoms with Crippen molar-refractivity contribution >= 4 is 16.8 Å². The molecular formula is C16H21N3O2. The third kappa shape index (κ3) is 3.77. The van der Waals surface area contributed by atoms with E-state index in [1.807, 2.05) is 51.1 Å². The zero-order chi connectivity index (χ0) is 15.4. The molecule has 21 heavy (non-hydrogen) atoms. The van der Waals surface area contributed by atoms with Crippen molar-refractivity contribution in [3.05, 3.63) is 41.6 Å². The Kier molecular flexibility index (Phi) is 4.88. The Labute approximate surface area is 124 Å². The van der Waals surface area contributed by atoms with E-state index in [-0.39, 0.29) is 24.5 Å². The van der Waals surface area contributed by atoms with Crippen LogP contribution in [0.4, 0.5) is 0 Å². The van der Waals surface area contributed by atoms with Gasteiger partial charge in [-0.1, -0.05) is 32.0 Å². The molecule has 112 valence electrons. The van der Waals surface area contributed by atoms with Crippen LogP contribution in [-0.2, 0) is 4.84 Å². The highest BCUT2D eigenvalue weighted by molar-refractivity contribution is 6.05. The number of benzene rings is 1. The molecule has 0 fully saturated rings. The molecule has 2 rings (SSSR count). The summed E-state index contributed by atoms with van der Waals surface area (Å²) in [5, 5.41) is 0.809. The fraction of sp³-hybridized carbons (Fsp3) is 0.375. The largest absolute Gasteiger partial charge is 0.326 e. The van der Waals surface area contributed by atoms with Crippen LogP contribution in [0.25, 0.3) is 10.9 Å². The molecule has 1 unspecified atom stereocenters. The molecule has 1 atom stereocenters. The third-order valence-corrected chi connectivity index (χ3v) is 3.08. The molecule has 1 aromatic carbocycles. The number of pyridine rings is 1. The van der Waals surface area contributed by atoms with Crippen LogP contribution in [0.1, 0.15) is 42.7 Å². The van der Waals surface area contributed by atoms with Crippen LogP contribution in [0.5, 0.6) is 0 Å². The van der Waals surface area contributed by atoms with E-state index in [1.165, 1.54) is 0 Å². The fourth-order valence-electron chi connectivity index (χ4n) is 1.97. The highest BCUT2D eigenvalue weighted by Gasteiger charge is 2.14. The molecule has 3 N–H and O–H groups in total. The van der Waals surface area contributed by atoms with Crippen molar-refractivity contribution in [1.29, 1.82) is 0 Å². The number of nitrogens with zero attached hydrogens (tertiary/aromatic N) is 1. The number of aromatic nitrogens is 1. The van der Waals surface area contributed by atoms with E-state index in [0.29, 0.717) is 5.56 Å². The number of nitrogens with two attached hydrogens (primary N) is 1. The smallest absolute Gasteiger partial charge is 0.275 e. The van der Waals surface area contributed by atoms with Gasteiger partial charge < -0.3 is 5.73 Å². The van der Waals surface area contributed by atoms with Crippen molar-refractivity contribution in [1.82, 2.24) is 10.5 Å². The van der Waals surface area contributed by atoms with E-state index in [9.17, 15) is 4.79 Å². The van der Waals surface area contributed by atoms with E-state index in [2.05, 4.69) is 10.5 Å². The number of carbonyl (C=O) groups is 1. The van der Waals surface area contributed by atoms with Gasteiger partial charge in [-0.3, -0.25) is 14.6 Å². The molecular weight excluding hydrogens is 266 g/mol. The molecule has 2 aromatic rings. The van der Waals surface area contributed by atoms with Gasteiger partial charge in [0.15, 0.2) is 0 Å². The number of hydrogen-bond acceptors (Lipinski definition) is 4. The lowest BCUT2D eigenvalue weighted by Gasteiger charge is -2.12. The first-order valence-electron chi connectivity index (χ1n) is 7.06. The molecule has 0 saturated carbocycles. The van der Waals surface area contributed by atoms with Crippen LogP contribution in [0.2, 0.25) is 0 Å². The highest BCUT2D eigenvalue weighted by Crippen LogP contribution is 2.22. The zero-order valence-electron chi connectivity index (χ0n) is 12.6. The Morgan fingerprint density at radius 1 is 1.33 bits per heavy atom. The molecule has 0 aliphatic rings. The minimum atomic E-state index is -0.281. The molecule has 1 heterocycles. The van der Waals surface area contributed by atoms with Gasteiger partial charge >= 0.3 is 0 Å². The second-order valence-electron chi connectivity index (χ2n) is 5.49. The van der Waals surface area contributed by atoms with Gasteiger partial charge in [0.05, 0.1) is 17.7 Å². The van der Waals surface area contributed by atoms with Gasteiger partial charge in [-0.05, 0) is 25.0 Å². The molecule has 0 aliphatic carbocycles. The summed E-state index contributed by atoms with van der Waals surface area (Å²) in [6, 6.07) is 9.27. The van der Waals surface area contributed by atoms with E-state index in [0.717, 1.165) is 16.6 Å². The number of fused-ring (bicyclic) bond motifs is 1. The molecule has 5 heteroatoms. The van der Waals surface area contributed by atoms with Gasteiger partial charge in [-0.25, -0.2) is 5.48 Å². The molecule has 0 spiro atoms. The monoisotopic (exact) mass is 287 g/mol. The van der Waals surface area contributed by atoms with Crippen LogP contribution < -0.4 is 11.2 Å². The normalized spacial score (nSPS) is 12.6. The second kappa shape index (κ2) is 6.65. The summed E-state index contributed by atoms with van der Waals surface area (Å²) in [6.45, 7) is 6.17. The summed E-state index contributed by atoms with van der Waals surface area (Å²) < 4.78 is 0. The van der Waals surface area contributed by atoms with E-state index in [4.69, 9.17) is 10.6 Å². The summed E-state index contributed by atoms with van der Waals surface area (Å²) in [6.07, 6.45) is 0. The molecule has 0 saturated heterocycles. The summed E-state index contributed by atoms with van der Waals surface area (Å²) in [5.41, 5.74) is 10.3. The number of rotatable bonds is 5. The Bertz CT molecular complexity index is 638. The summed E-state index contributed by atoms with van der Waals surface area (Å²) in [7, 11) is 0. The quantitative estimate of drug-likeness (QED) is 0.828. The Hall–Kier alpha value is -1.98. The Balaban J connectivity index is 2.34. The average molecular weight is 287 g/mol. The first kappa shape index (κ1) is 15.4. The first-order chi connectivity index (χ1) is 9.99. The number of para-hydroxylation sites is 1. The summed E-state index contributed by atoms with van der Waals surface area (Å²) in [5.74, 6) is -0.0395. The van der Waals surface area contributed by atoms with Crippen molar-refractivity contribution < 1.29 is 9.63 Å². The van der Waals surface area contributed by atoms with Crippen molar-refractivity contribution in [2.75, 3.05) is 6.61 Å². The van der Waals surface area contributed by atoms with Crippen molar-refractivity contribution in [2.45, 2.75) is 32.7 Å². The van der Waals surface area contributed by atoms with Gasteiger partial charge in [0.1, 0.15) is 0 Å². The van der Waals surface area contributed by atoms with Gasteiger partial charge in [0, 0.05) is 17.1 Å². The topological polar surface area (TPSA) is 77.2 Å². The maximum Gasteiger partial charge on any atom is 0.275 e. The molecule has 0 radical (unpaired) electrons. The molecule has 1 amide bonds. The van der Waals surface area contributed by atoms with E-state index < -0.39 is 0 Å². The SMILES string of the molecule is CC(N)CONC(=O)c1cc(C(C)C)nc2ccccc12. The Morgan fingerprint density at radius 2 is 2.05 bits per heavy atom. The maximum absolute atomic E-state index is 12.3. The summed E-state index contributed by atoms with van der Waals surface area (Å²) >= 11 is 0. The Morgan fingerprint density at radius 3 is 2.71 bits per heavy atom. The number of carbonyl (C=O) groups excluding carboxylic acids is 1. The standard InChI is InChI=1S/C16H21N3O2/c1-10(2)15-8-13(16(20)19-21-9-11(3)17)12-6-4-5-7-14(12)18-15/h4-8,10-11H,9,17H2,1-3H3,(H,19,20).